The molecule has 1 aromatic rings. The Labute approximate surface area is 128 Å². The van der Waals surface area contributed by atoms with Crippen LogP contribution in [0.1, 0.15) is 51.0 Å². The van der Waals surface area contributed by atoms with Gasteiger partial charge in [-0.2, -0.15) is 0 Å². The predicted molar refractivity (Wildman–Crippen MR) is 86.8 cm³/mol. The second-order valence-corrected chi connectivity index (χ2v) is 6.27. The van der Waals surface area contributed by atoms with Crippen molar-refractivity contribution in [2.45, 2.75) is 70.1 Å². The second kappa shape index (κ2) is 8.40. The van der Waals surface area contributed by atoms with E-state index < -0.39 is 0 Å². The van der Waals surface area contributed by atoms with Gasteiger partial charge in [-0.3, -0.25) is 0 Å². The summed E-state index contributed by atoms with van der Waals surface area (Å²) in [6.07, 6.45) is 7.69. The van der Waals surface area contributed by atoms with Gasteiger partial charge in [-0.1, -0.05) is 31.4 Å². The maximum absolute atomic E-state index is 10.2. The summed E-state index contributed by atoms with van der Waals surface area (Å²) in [5.74, 6) is 0.909. The van der Waals surface area contributed by atoms with E-state index in [1.54, 1.807) is 7.11 Å². The molecule has 2 rings (SSSR count). The molecule has 0 radical (unpaired) electrons. The topological polar surface area (TPSA) is 41.5 Å². The number of nitrogens with one attached hydrogen (secondary N) is 1. The highest BCUT2D eigenvalue weighted by Crippen LogP contribution is 2.19. The fraction of sp³-hybridized carbons (Fsp3) is 0.667. The van der Waals surface area contributed by atoms with E-state index >= 15 is 0 Å². The standard InChI is InChI=1S/C18H29NO2/c1-14(19-17-6-4-3-5-7-18(17)20)8-9-15-10-12-16(21-2)13-11-15/h10-14,17-20H,3-9H2,1-2H3. The van der Waals surface area contributed by atoms with Gasteiger partial charge in [-0.05, 0) is 50.3 Å². The fourth-order valence-corrected chi connectivity index (χ4v) is 3.11. The van der Waals surface area contributed by atoms with E-state index in [1.165, 1.54) is 24.8 Å². The molecule has 3 unspecified atom stereocenters. The monoisotopic (exact) mass is 291 g/mol. The lowest BCUT2D eigenvalue weighted by Gasteiger charge is -2.26. The summed E-state index contributed by atoms with van der Waals surface area (Å²) in [6, 6.07) is 9.01. The number of rotatable bonds is 6. The van der Waals surface area contributed by atoms with E-state index in [4.69, 9.17) is 4.74 Å². The molecule has 0 bridgehead atoms. The lowest BCUT2D eigenvalue weighted by Crippen LogP contribution is -2.44. The number of hydrogen-bond acceptors (Lipinski definition) is 3. The van der Waals surface area contributed by atoms with E-state index in [0.717, 1.165) is 31.4 Å². The van der Waals surface area contributed by atoms with E-state index in [-0.39, 0.29) is 12.1 Å². The van der Waals surface area contributed by atoms with Crippen molar-refractivity contribution in [2.75, 3.05) is 7.11 Å². The molecule has 3 heteroatoms. The first-order valence-electron chi connectivity index (χ1n) is 8.26. The molecule has 3 atom stereocenters. The maximum atomic E-state index is 10.2. The summed E-state index contributed by atoms with van der Waals surface area (Å²) in [5, 5.41) is 13.8. The molecule has 1 aliphatic rings. The normalized spacial score (nSPS) is 24.3. The molecular formula is C18H29NO2. The van der Waals surface area contributed by atoms with Gasteiger partial charge in [0.25, 0.3) is 0 Å². The van der Waals surface area contributed by atoms with Crippen molar-refractivity contribution in [2.24, 2.45) is 0 Å². The highest BCUT2D eigenvalue weighted by molar-refractivity contribution is 5.27. The highest BCUT2D eigenvalue weighted by atomic mass is 16.5. The van der Waals surface area contributed by atoms with Crippen molar-refractivity contribution < 1.29 is 9.84 Å². The first kappa shape index (κ1) is 16.3. The number of aliphatic hydroxyl groups is 1. The van der Waals surface area contributed by atoms with Gasteiger partial charge in [0.05, 0.1) is 13.2 Å². The molecule has 0 aromatic heterocycles. The lowest BCUT2D eigenvalue weighted by atomic mass is 10.0. The van der Waals surface area contributed by atoms with Crippen LogP contribution in [0.15, 0.2) is 24.3 Å². The number of benzene rings is 1. The quantitative estimate of drug-likeness (QED) is 0.790. The van der Waals surface area contributed by atoms with Gasteiger partial charge in [0, 0.05) is 12.1 Å². The molecule has 1 aromatic carbocycles. The van der Waals surface area contributed by atoms with Crippen molar-refractivity contribution in [3.63, 3.8) is 0 Å². The molecule has 0 heterocycles. The Morgan fingerprint density at radius 1 is 1.19 bits per heavy atom. The van der Waals surface area contributed by atoms with Gasteiger partial charge < -0.3 is 15.2 Å². The number of aliphatic hydroxyl groups excluding tert-OH is 1. The smallest absolute Gasteiger partial charge is 0.118 e. The van der Waals surface area contributed by atoms with Crippen LogP contribution in [0.3, 0.4) is 0 Å². The van der Waals surface area contributed by atoms with Gasteiger partial charge in [-0.25, -0.2) is 0 Å². The first-order chi connectivity index (χ1) is 10.2. The molecule has 1 aliphatic carbocycles. The molecule has 1 saturated carbocycles. The van der Waals surface area contributed by atoms with Crippen LogP contribution in [0.2, 0.25) is 0 Å². The summed E-state index contributed by atoms with van der Waals surface area (Å²) in [5.41, 5.74) is 1.34. The third-order valence-electron chi connectivity index (χ3n) is 4.50. The minimum atomic E-state index is -0.170. The third-order valence-corrected chi connectivity index (χ3v) is 4.50. The molecule has 0 saturated heterocycles. The second-order valence-electron chi connectivity index (χ2n) is 6.27. The Morgan fingerprint density at radius 2 is 1.90 bits per heavy atom. The zero-order chi connectivity index (χ0) is 15.1. The molecule has 0 amide bonds. The molecule has 1 fully saturated rings. The summed E-state index contributed by atoms with van der Waals surface area (Å²) >= 11 is 0. The van der Waals surface area contributed by atoms with Crippen LogP contribution in [-0.2, 0) is 6.42 Å². The first-order valence-corrected chi connectivity index (χ1v) is 8.26. The van der Waals surface area contributed by atoms with Crippen LogP contribution >= 0.6 is 0 Å². The van der Waals surface area contributed by atoms with Crippen LogP contribution in [0, 0.1) is 0 Å². The van der Waals surface area contributed by atoms with Gasteiger partial charge in [-0.15, -0.1) is 0 Å². The van der Waals surface area contributed by atoms with Crippen LogP contribution in [-0.4, -0.2) is 30.4 Å². The van der Waals surface area contributed by atoms with Crippen molar-refractivity contribution in [1.82, 2.24) is 5.32 Å². The molecule has 2 N–H and O–H groups in total. The van der Waals surface area contributed by atoms with Gasteiger partial charge in [0.2, 0.25) is 0 Å². The summed E-state index contributed by atoms with van der Waals surface area (Å²) < 4.78 is 5.18. The van der Waals surface area contributed by atoms with Crippen molar-refractivity contribution >= 4 is 0 Å². The highest BCUT2D eigenvalue weighted by Gasteiger charge is 2.22. The zero-order valence-corrected chi connectivity index (χ0v) is 13.3. The summed E-state index contributed by atoms with van der Waals surface area (Å²) in [4.78, 5) is 0. The summed E-state index contributed by atoms with van der Waals surface area (Å²) in [6.45, 7) is 2.22. The molecule has 0 spiro atoms. The van der Waals surface area contributed by atoms with Crippen LogP contribution in [0.5, 0.6) is 5.75 Å². The van der Waals surface area contributed by atoms with Gasteiger partial charge in [0.1, 0.15) is 5.75 Å². The average Bonchev–Trinajstić information content (AvgIpc) is 2.71. The Morgan fingerprint density at radius 3 is 2.62 bits per heavy atom. The predicted octanol–water partition coefficient (Wildman–Crippen LogP) is 3.30. The average molecular weight is 291 g/mol. The van der Waals surface area contributed by atoms with E-state index in [9.17, 15) is 5.11 Å². The Kier molecular flexibility index (Phi) is 6.52. The molecule has 21 heavy (non-hydrogen) atoms. The summed E-state index contributed by atoms with van der Waals surface area (Å²) in [7, 11) is 1.69. The van der Waals surface area contributed by atoms with E-state index in [0.29, 0.717) is 6.04 Å². The van der Waals surface area contributed by atoms with Crippen molar-refractivity contribution in [3.05, 3.63) is 29.8 Å². The van der Waals surface area contributed by atoms with Gasteiger partial charge in [0.15, 0.2) is 0 Å². The molecule has 3 nitrogen and oxygen atoms in total. The number of methoxy groups -OCH3 is 1. The zero-order valence-electron chi connectivity index (χ0n) is 13.3. The van der Waals surface area contributed by atoms with Crippen molar-refractivity contribution in [1.29, 1.82) is 0 Å². The number of ether oxygens (including phenoxy) is 1. The number of hydrogen-bond donors (Lipinski definition) is 2. The Balaban J connectivity index is 1.76. The van der Waals surface area contributed by atoms with Crippen LogP contribution < -0.4 is 10.1 Å². The molecule has 0 aliphatic heterocycles. The van der Waals surface area contributed by atoms with Crippen molar-refractivity contribution in [3.8, 4) is 5.75 Å². The minimum Gasteiger partial charge on any atom is -0.497 e. The largest absolute Gasteiger partial charge is 0.497 e. The van der Waals surface area contributed by atoms with Gasteiger partial charge >= 0.3 is 0 Å². The molecular weight excluding hydrogens is 262 g/mol. The Hall–Kier alpha value is -1.06. The van der Waals surface area contributed by atoms with E-state index in [1.807, 2.05) is 12.1 Å². The SMILES string of the molecule is COc1ccc(CCC(C)NC2CCCCCC2O)cc1. The maximum Gasteiger partial charge on any atom is 0.118 e. The fourth-order valence-electron chi connectivity index (χ4n) is 3.11. The lowest BCUT2D eigenvalue weighted by molar-refractivity contribution is 0.114. The Bertz CT molecular complexity index is 404. The minimum absolute atomic E-state index is 0.170. The van der Waals surface area contributed by atoms with Crippen LogP contribution in [0.4, 0.5) is 0 Å². The third kappa shape index (κ3) is 5.33. The van der Waals surface area contributed by atoms with E-state index in [2.05, 4.69) is 24.4 Å². The molecule has 118 valence electrons. The number of aryl methyl sites for hydroxylation is 1. The van der Waals surface area contributed by atoms with Crippen LogP contribution in [0.25, 0.3) is 0 Å².